The first-order valence-electron chi connectivity index (χ1n) is 10.8. The van der Waals surface area contributed by atoms with Gasteiger partial charge in [-0.2, -0.15) is 5.26 Å². The first-order valence-corrected chi connectivity index (χ1v) is 10.8. The van der Waals surface area contributed by atoms with E-state index in [9.17, 15) is 14.9 Å². The van der Waals surface area contributed by atoms with Gasteiger partial charge in [-0.3, -0.25) is 4.79 Å². The highest BCUT2D eigenvalue weighted by molar-refractivity contribution is 5.90. The summed E-state index contributed by atoms with van der Waals surface area (Å²) in [5.41, 5.74) is 1.25. The van der Waals surface area contributed by atoms with Crippen molar-refractivity contribution in [1.29, 1.82) is 5.26 Å². The third-order valence-corrected chi connectivity index (χ3v) is 5.58. The van der Waals surface area contributed by atoms with Crippen LogP contribution in [0.3, 0.4) is 0 Å². The lowest BCUT2D eigenvalue weighted by atomic mass is 9.90. The Morgan fingerprint density at radius 3 is 2.53 bits per heavy atom. The molecular weight excluding hydrogens is 438 g/mol. The Labute approximate surface area is 199 Å². The van der Waals surface area contributed by atoms with Crippen LogP contribution < -0.4 is 14.8 Å². The molecule has 1 N–H and O–H groups in total. The van der Waals surface area contributed by atoms with E-state index in [1.807, 2.05) is 27.7 Å². The van der Waals surface area contributed by atoms with Gasteiger partial charge in [-0.15, -0.1) is 0 Å². The van der Waals surface area contributed by atoms with E-state index in [-0.39, 0.29) is 12.5 Å². The molecule has 0 unspecified atom stereocenters. The zero-order valence-corrected chi connectivity index (χ0v) is 20.6. The highest BCUT2D eigenvalue weighted by Gasteiger charge is 2.32. The number of nitrogens with one attached hydrogen (secondary N) is 1. The quantitative estimate of drug-likeness (QED) is 0.411. The number of amides is 1. The third kappa shape index (κ3) is 6.61. The Bertz CT molecular complexity index is 1080. The lowest BCUT2D eigenvalue weighted by molar-refractivity contribution is -0.150. The lowest BCUT2D eigenvalue weighted by Gasteiger charge is -2.28. The molecule has 0 aliphatic rings. The topological polar surface area (TPSA) is 124 Å². The van der Waals surface area contributed by atoms with Gasteiger partial charge in [-0.05, 0) is 57.4 Å². The van der Waals surface area contributed by atoms with Crippen molar-refractivity contribution in [1.82, 2.24) is 10.5 Å². The number of rotatable bonds is 10. The van der Waals surface area contributed by atoms with E-state index >= 15 is 0 Å². The van der Waals surface area contributed by atoms with Crippen molar-refractivity contribution in [3.63, 3.8) is 0 Å². The number of hydrogen-bond acceptors (Lipinski definition) is 8. The first-order chi connectivity index (χ1) is 16.0. The summed E-state index contributed by atoms with van der Waals surface area (Å²) in [7, 11) is 1.52. The number of aryl methyl sites for hydroxylation is 2. The molecule has 9 heteroatoms. The summed E-state index contributed by atoms with van der Waals surface area (Å²) in [6, 6.07) is 7.28. The minimum atomic E-state index is -1.06. The molecule has 0 saturated carbocycles. The van der Waals surface area contributed by atoms with Crippen LogP contribution in [-0.2, 0) is 20.9 Å². The molecule has 0 aliphatic heterocycles. The van der Waals surface area contributed by atoms with Crippen LogP contribution >= 0.6 is 0 Å². The molecule has 0 aliphatic carbocycles. The second kappa shape index (κ2) is 11.4. The number of aromatic nitrogens is 1. The minimum Gasteiger partial charge on any atom is -0.493 e. The monoisotopic (exact) mass is 469 g/mol. The van der Waals surface area contributed by atoms with Gasteiger partial charge in [0.1, 0.15) is 17.9 Å². The van der Waals surface area contributed by atoms with Crippen molar-refractivity contribution in [2.24, 2.45) is 5.92 Å². The van der Waals surface area contributed by atoms with E-state index in [4.69, 9.17) is 18.7 Å². The largest absolute Gasteiger partial charge is 0.493 e. The maximum Gasteiger partial charge on any atom is 0.331 e. The summed E-state index contributed by atoms with van der Waals surface area (Å²) in [4.78, 5) is 24.5. The van der Waals surface area contributed by atoms with Gasteiger partial charge in [0.25, 0.3) is 5.91 Å². The summed E-state index contributed by atoms with van der Waals surface area (Å²) < 4.78 is 21.6. The highest BCUT2D eigenvalue weighted by atomic mass is 16.5. The van der Waals surface area contributed by atoms with E-state index in [2.05, 4.69) is 16.5 Å². The molecule has 0 bridgehead atoms. The fourth-order valence-electron chi connectivity index (χ4n) is 2.86. The van der Waals surface area contributed by atoms with Crippen molar-refractivity contribution < 1.29 is 28.3 Å². The summed E-state index contributed by atoms with van der Waals surface area (Å²) in [6.07, 6.45) is 1.70. The Morgan fingerprint density at radius 2 is 1.97 bits per heavy atom. The number of ether oxygens (including phenoxy) is 3. The van der Waals surface area contributed by atoms with E-state index in [1.54, 1.807) is 31.2 Å². The molecule has 0 fully saturated rings. The molecule has 182 valence electrons. The van der Waals surface area contributed by atoms with Gasteiger partial charge in [-0.25, -0.2) is 4.79 Å². The fourth-order valence-corrected chi connectivity index (χ4v) is 2.86. The zero-order chi connectivity index (χ0) is 25.5. The number of methoxy groups -OCH3 is 1. The molecule has 1 heterocycles. The van der Waals surface area contributed by atoms with Crippen LogP contribution in [0.25, 0.3) is 6.08 Å². The van der Waals surface area contributed by atoms with E-state index in [1.165, 1.54) is 20.1 Å². The molecular formula is C25H31N3O6. The number of esters is 1. The summed E-state index contributed by atoms with van der Waals surface area (Å²) in [6.45, 7) is 10.7. The Kier molecular flexibility index (Phi) is 8.84. The molecule has 1 aromatic carbocycles. The van der Waals surface area contributed by atoms with Crippen LogP contribution in [0, 0.1) is 31.1 Å². The second-order valence-corrected chi connectivity index (χ2v) is 8.37. The second-order valence-electron chi connectivity index (χ2n) is 8.37. The van der Waals surface area contributed by atoms with Crippen molar-refractivity contribution in [2.45, 2.75) is 59.8 Å². The highest BCUT2D eigenvalue weighted by Crippen LogP contribution is 2.30. The van der Waals surface area contributed by atoms with Crippen LogP contribution in [-0.4, -0.2) is 35.8 Å². The third-order valence-electron chi connectivity index (χ3n) is 5.58. The number of benzene rings is 1. The van der Waals surface area contributed by atoms with Crippen LogP contribution in [0.15, 0.2) is 28.8 Å². The molecule has 0 saturated heterocycles. The number of carbonyl (C=O) groups excluding carboxylic acids is 2. The van der Waals surface area contributed by atoms with Gasteiger partial charge in [0.15, 0.2) is 17.6 Å². The summed E-state index contributed by atoms with van der Waals surface area (Å²) in [5, 5.41) is 15.9. The van der Waals surface area contributed by atoms with Gasteiger partial charge < -0.3 is 24.1 Å². The van der Waals surface area contributed by atoms with Gasteiger partial charge >= 0.3 is 5.97 Å². The predicted molar refractivity (Wildman–Crippen MR) is 125 cm³/mol. The standard InChI is InChI=1S/C25H31N3O6/c1-15(2)25(6,14-26)27-24(30)18(5)33-23(29)11-9-19-8-10-21(22(12-19)31-7)32-13-20-16(3)28-34-17(20)4/h8-12,15,18H,13H2,1-7H3,(H,27,30)/b11-9+/t18-,25-/m1/s1. The summed E-state index contributed by atoms with van der Waals surface area (Å²) in [5.74, 6) is 0.358. The Balaban J connectivity index is 1.99. The van der Waals surface area contributed by atoms with E-state index in [0.717, 1.165) is 11.3 Å². The van der Waals surface area contributed by atoms with Crippen molar-refractivity contribution in [3.8, 4) is 17.6 Å². The molecule has 34 heavy (non-hydrogen) atoms. The fraction of sp³-hybridized carbons (Fsp3) is 0.440. The van der Waals surface area contributed by atoms with Crippen LogP contribution in [0.2, 0.25) is 0 Å². The molecule has 1 amide bonds. The van der Waals surface area contributed by atoms with Crippen LogP contribution in [0.5, 0.6) is 11.5 Å². The normalized spacial score (nSPS) is 13.7. The van der Waals surface area contributed by atoms with Crippen LogP contribution in [0.1, 0.15) is 50.3 Å². The molecule has 0 radical (unpaired) electrons. The number of nitrogens with zero attached hydrogens (tertiary/aromatic N) is 2. The minimum absolute atomic E-state index is 0.115. The lowest BCUT2D eigenvalue weighted by Crippen LogP contribution is -2.52. The smallest absolute Gasteiger partial charge is 0.331 e. The first kappa shape index (κ1) is 26.5. The zero-order valence-electron chi connectivity index (χ0n) is 20.6. The van der Waals surface area contributed by atoms with E-state index < -0.39 is 23.5 Å². The Morgan fingerprint density at radius 1 is 1.26 bits per heavy atom. The Hall–Kier alpha value is -3.80. The maximum atomic E-state index is 12.3. The van der Waals surface area contributed by atoms with Crippen molar-refractivity contribution >= 4 is 18.0 Å². The average Bonchev–Trinajstić information content (AvgIpc) is 3.13. The molecule has 2 aromatic rings. The average molecular weight is 470 g/mol. The summed E-state index contributed by atoms with van der Waals surface area (Å²) >= 11 is 0. The number of nitriles is 1. The van der Waals surface area contributed by atoms with Crippen LogP contribution in [0.4, 0.5) is 0 Å². The molecule has 1 aromatic heterocycles. The molecule has 2 atom stereocenters. The van der Waals surface area contributed by atoms with Gasteiger partial charge in [-0.1, -0.05) is 25.1 Å². The van der Waals surface area contributed by atoms with Gasteiger partial charge in [0.05, 0.1) is 24.4 Å². The number of hydrogen-bond donors (Lipinski definition) is 1. The van der Waals surface area contributed by atoms with Crippen molar-refractivity contribution in [2.75, 3.05) is 7.11 Å². The van der Waals surface area contributed by atoms with E-state index in [0.29, 0.717) is 22.8 Å². The SMILES string of the molecule is COc1cc(/C=C/C(=O)O[C@H](C)C(=O)N[C@](C)(C#N)C(C)C)ccc1OCc1c(C)noc1C. The maximum absolute atomic E-state index is 12.3. The van der Waals surface area contributed by atoms with Gasteiger partial charge in [0, 0.05) is 6.08 Å². The molecule has 9 nitrogen and oxygen atoms in total. The molecule has 0 spiro atoms. The molecule has 2 rings (SSSR count). The number of carbonyl (C=O) groups is 2. The van der Waals surface area contributed by atoms with Gasteiger partial charge in [0.2, 0.25) is 0 Å². The van der Waals surface area contributed by atoms with Crippen molar-refractivity contribution in [3.05, 3.63) is 46.9 Å². The predicted octanol–water partition coefficient (Wildman–Crippen LogP) is 3.88.